The number of halogens is 2. The van der Waals surface area contributed by atoms with E-state index in [0.29, 0.717) is 17.3 Å². The number of amides is 1. The monoisotopic (exact) mass is 456 g/mol. The van der Waals surface area contributed by atoms with Crippen LogP contribution in [0.25, 0.3) is 0 Å². The number of rotatable bonds is 7. The summed E-state index contributed by atoms with van der Waals surface area (Å²) < 4.78 is 58.6. The molecule has 1 amide bonds. The van der Waals surface area contributed by atoms with Crippen LogP contribution in [-0.4, -0.2) is 62.1 Å². The molecule has 0 atom stereocenters. The Bertz CT molecular complexity index is 992. The zero-order valence-corrected chi connectivity index (χ0v) is 18.0. The molecule has 6 nitrogen and oxygen atoms in total. The molecule has 2 aromatic carbocycles. The highest BCUT2D eigenvalue weighted by Gasteiger charge is 2.30. The minimum absolute atomic E-state index is 0.0662. The number of carbonyl (C=O) groups excluding carboxylic acids is 1. The van der Waals surface area contributed by atoms with Crippen molar-refractivity contribution in [1.82, 2.24) is 9.21 Å². The van der Waals surface area contributed by atoms with Crippen LogP contribution in [0, 0.1) is 11.6 Å². The average Bonchev–Trinajstić information content (AvgIpc) is 2.75. The van der Waals surface area contributed by atoms with Crippen LogP contribution >= 0.6 is 11.8 Å². The summed E-state index contributed by atoms with van der Waals surface area (Å²) >= 11 is 1.11. The van der Waals surface area contributed by atoms with Gasteiger partial charge in [0.15, 0.2) is 11.6 Å². The van der Waals surface area contributed by atoms with Crippen LogP contribution in [0.5, 0.6) is 5.75 Å². The van der Waals surface area contributed by atoms with Crippen molar-refractivity contribution in [3.8, 4) is 5.75 Å². The number of ether oxygens (including phenoxy) is 1. The van der Waals surface area contributed by atoms with Gasteiger partial charge in [0.2, 0.25) is 15.9 Å². The molecular weight excluding hydrogens is 434 g/mol. The molecule has 2 aromatic rings. The minimum atomic E-state index is -3.65. The van der Waals surface area contributed by atoms with Crippen LogP contribution in [0.15, 0.2) is 52.3 Å². The molecular formula is C20H22F2N2O4S2. The molecule has 0 bridgehead atoms. The second kappa shape index (κ2) is 9.76. The third-order valence-corrected chi connectivity index (χ3v) is 7.51. The van der Waals surface area contributed by atoms with E-state index in [-0.39, 0.29) is 42.7 Å². The normalized spacial score (nSPS) is 15.2. The van der Waals surface area contributed by atoms with Gasteiger partial charge >= 0.3 is 0 Å². The second-order valence-electron chi connectivity index (χ2n) is 6.55. The van der Waals surface area contributed by atoms with Gasteiger partial charge in [0, 0.05) is 31.1 Å². The van der Waals surface area contributed by atoms with Gasteiger partial charge in [-0.15, -0.1) is 11.8 Å². The number of thioether (sulfide) groups is 1. The van der Waals surface area contributed by atoms with Gasteiger partial charge in [-0.2, -0.15) is 4.31 Å². The Balaban J connectivity index is 1.54. The molecule has 0 saturated carbocycles. The highest BCUT2D eigenvalue weighted by atomic mass is 32.2. The molecule has 1 aliphatic heterocycles. The molecule has 10 heteroatoms. The first-order chi connectivity index (χ1) is 14.3. The predicted molar refractivity (Wildman–Crippen MR) is 110 cm³/mol. The van der Waals surface area contributed by atoms with Gasteiger partial charge in [0.05, 0.1) is 17.3 Å². The Labute approximate surface area is 178 Å². The highest BCUT2D eigenvalue weighted by molar-refractivity contribution is 8.00. The third kappa shape index (κ3) is 5.30. The standard InChI is InChI=1S/C20H22F2N2O4S2/c1-2-28-15-3-6-17(7-4-15)30(26,27)24-11-9-23(10-12-24)20(25)14-29-16-5-8-18(21)19(22)13-16/h3-8,13H,2,9-12,14H2,1H3. The van der Waals surface area contributed by atoms with E-state index in [1.807, 2.05) is 6.92 Å². The Morgan fingerprint density at radius 2 is 1.70 bits per heavy atom. The first kappa shape index (κ1) is 22.5. The van der Waals surface area contributed by atoms with Crippen molar-refractivity contribution < 1.29 is 26.7 Å². The topological polar surface area (TPSA) is 66.9 Å². The van der Waals surface area contributed by atoms with Gasteiger partial charge in [-0.1, -0.05) is 0 Å². The second-order valence-corrected chi connectivity index (χ2v) is 9.54. The van der Waals surface area contributed by atoms with E-state index >= 15 is 0 Å². The number of hydrogen-bond acceptors (Lipinski definition) is 5. The van der Waals surface area contributed by atoms with Gasteiger partial charge < -0.3 is 9.64 Å². The summed E-state index contributed by atoms with van der Waals surface area (Å²) in [6, 6.07) is 9.74. The largest absolute Gasteiger partial charge is 0.494 e. The van der Waals surface area contributed by atoms with E-state index in [4.69, 9.17) is 4.74 Å². The van der Waals surface area contributed by atoms with E-state index in [1.165, 1.54) is 22.5 Å². The molecule has 0 aliphatic carbocycles. The molecule has 0 spiro atoms. The summed E-state index contributed by atoms with van der Waals surface area (Å²) in [6.07, 6.45) is 0. The zero-order valence-electron chi connectivity index (χ0n) is 16.4. The highest BCUT2D eigenvalue weighted by Crippen LogP contribution is 2.23. The maximum atomic E-state index is 13.3. The lowest BCUT2D eigenvalue weighted by Gasteiger charge is -2.34. The number of hydrogen-bond donors (Lipinski definition) is 0. The first-order valence-corrected chi connectivity index (χ1v) is 11.8. The van der Waals surface area contributed by atoms with Crippen LogP contribution in [0.2, 0.25) is 0 Å². The van der Waals surface area contributed by atoms with E-state index in [0.717, 1.165) is 23.9 Å². The number of piperazine rings is 1. The summed E-state index contributed by atoms with van der Waals surface area (Å²) in [4.78, 5) is 14.6. The van der Waals surface area contributed by atoms with Gasteiger partial charge in [0.25, 0.3) is 0 Å². The lowest BCUT2D eigenvalue weighted by Crippen LogP contribution is -2.50. The van der Waals surface area contributed by atoms with Crippen LogP contribution in [0.3, 0.4) is 0 Å². The van der Waals surface area contributed by atoms with E-state index in [2.05, 4.69) is 0 Å². The van der Waals surface area contributed by atoms with Gasteiger partial charge in [-0.05, 0) is 49.4 Å². The fraction of sp³-hybridized carbons (Fsp3) is 0.350. The Morgan fingerprint density at radius 3 is 2.30 bits per heavy atom. The molecule has 162 valence electrons. The molecule has 0 radical (unpaired) electrons. The Morgan fingerprint density at radius 1 is 1.03 bits per heavy atom. The lowest BCUT2D eigenvalue weighted by atomic mass is 10.3. The van der Waals surface area contributed by atoms with Crippen LogP contribution in [0.1, 0.15) is 6.92 Å². The summed E-state index contributed by atoms with van der Waals surface area (Å²) in [5.41, 5.74) is 0. The van der Waals surface area contributed by atoms with Crippen molar-refractivity contribution in [2.45, 2.75) is 16.7 Å². The summed E-state index contributed by atoms with van der Waals surface area (Å²) in [7, 11) is -3.65. The predicted octanol–water partition coefficient (Wildman–Crippen LogP) is 2.99. The van der Waals surface area contributed by atoms with Crippen molar-refractivity contribution in [3.63, 3.8) is 0 Å². The molecule has 0 aromatic heterocycles. The lowest BCUT2D eigenvalue weighted by molar-refractivity contribution is -0.129. The fourth-order valence-corrected chi connectivity index (χ4v) is 5.25. The number of benzene rings is 2. The van der Waals surface area contributed by atoms with Gasteiger partial charge in [-0.25, -0.2) is 17.2 Å². The zero-order chi connectivity index (χ0) is 21.7. The summed E-state index contributed by atoms with van der Waals surface area (Å²) in [6.45, 7) is 3.27. The molecule has 0 N–H and O–H groups in total. The van der Waals surface area contributed by atoms with Crippen molar-refractivity contribution >= 4 is 27.7 Å². The average molecular weight is 457 g/mol. The van der Waals surface area contributed by atoms with Crippen LogP contribution in [0.4, 0.5) is 8.78 Å². The molecule has 3 rings (SSSR count). The Hall–Kier alpha value is -2.17. The molecule has 0 unspecified atom stereocenters. The molecule has 1 aliphatic rings. The number of sulfonamides is 1. The van der Waals surface area contributed by atoms with E-state index in [1.54, 1.807) is 17.0 Å². The van der Waals surface area contributed by atoms with Crippen molar-refractivity contribution in [2.24, 2.45) is 0 Å². The smallest absolute Gasteiger partial charge is 0.243 e. The van der Waals surface area contributed by atoms with Crippen LogP contribution in [-0.2, 0) is 14.8 Å². The van der Waals surface area contributed by atoms with E-state index in [9.17, 15) is 22.0 Å². The van der Waals surface area contributed by atoms with E-state index < -0.39 is 21.7 Å². The third-order valence-electron chi connectivity index (χ3n) is 4.62. The molecule has 1 heterocycles. The molecule has 1 saturated heterocycles. The van der Waals surface area contributed by atoms with Crippen molar-refractivity contribution in [3.05, 3.63) is 54.1 Å². The van der Waals surface area contributed by atoms with Crippen LogP contribution < -0.4 is 4.74 Å². The maximum absolute atomic E-state index is 13.3. The fourth-order valence-electron chi connectivity index (χ4n) is 3.00. The Kier molecular flexibility index (Phi) is 7.32. The minimum Gasteiger partial charge on any atom is -0.494 e. The molecule has 1 fully saturated rings. The van der Waals surface area contributed by atoms with Gasteiger partial charge in [0.1, 0.15) is 5.75 Å². The van der Waals surface area contributed by atoms with Gasteiger partial charge in [-0.3, -0.25) is 4.79 Å². The quantitative estimate of drug-likeness (QED) is 0.600. The maximum Gasteiger partial charge on any atom is 0.243 e. The number of nitrogens with zero attached hydrogens (tertiary/aromatic N) is 2. The molecule has 30 heavy (non-hydrogen) atoms. The summed E-state index contributed by atoms with van der Waals surface area (Å²) in [5, 5.41) is 0. The first-order valence-electron chi connectivity index (χ1n) is 9.40. The van der Waals surface area contributed by atoms with Crippen molar-refractivity contribution in [2.75, 3.05) is 38.5 Å². The summed E-state index contributed by atoms with van der Waals surface area (Å²) in [5.74, 6) is -1.40. The number of carbonyl (C=O) groups is 1. The SMILES string of the molecule is CCOc1ccc(S(=O)(=O)N2CCN(C(=O)CSc3ccc(F)c(F)c3)CC2)cc1. The van der Waals surface area contributed by atoms with Crippen molar-refractivity contribution in [1.29, 1.82) is 0 Å².